The highest BCUT2D eigenvalue weighted by Gasteiger charge is 2.18. The third-order valence-corrected chi connectivity index (χ3v) is 5.40. The van der Waals surface area contributed by atoms with E-state index in [1.165, 1.54) is 15.6 Å². The van der Waals surface area contributed by atoms with E-state index in [4.69, 9.17) is 10.6 Å². The highest BCUT2D eigenvalue weighted by Crippen LogP contribution is 2.35. The van der Waals surface area contributed by atoms with Crippen molar-refractivity contribution in [3.8, 4) is 5.75 Å². The minimum absolute atomic E-state index is 0.0722. The number of ether oxygens (including phenoxy) is 1. The van der Waals surface area contributed by atoms with Crippen molar-refractivity contribution in [1.29, 1.82) is 0 Å². The van der Waals surface area contributed by atoms with Crippen LogP contribution in [0.2, 0.25) is 0 Å². The van der Waals surface area contributed by atoms with E-state index in [0.717, 1.165) is 17.0 Å². The zero-order valence-electron chi connectivity index (χ0n) is 11.1. The largest absolute Gasteiger partial charge is 0.496 e. The Morgan fingerprint density at radius 3 is 2.90 bits per heavy atom. The molecule has 3 nitrogen and oxygen atoms in total. The van der Waals surface area contributed by atoms with Crippen LogP contribution in [0.3, 0.4) is 0 Å². The van der Waals surface area contributed by atoms with E-state index in [9.17, 15) is 0 Å². The van der Waals surface area contributed by atoms with Crippen molar-refractivity contribution in [2.24, 2.45) is 5.84 Å². The minimum Gasteiger partial charge on any atom is -0.496 e. The van der Waals surface area contributed by atoms with Crippen molar-refractivity contribution in [3.05, 3.63) is 51.5 Å². The number of hydrogen-bond donors (Lipinski definition) is 2. The topological polar surface area (TPSA) is 47.3 Å². The monoisotopic (exact) mass is 304 g/mol. The summed E-state index contributed by atoms with van der Waals surface area (Å²) in [5.74, 6) is 6.65. The first-order valence-electron chi connectivity index (χ1n) is 6.36. The lowest BCUT2D eigenvalue weighted by atomic mass is 10.0. The average Bonchev–Trinajstić information content (AvgIpc) is 3.11. The molecule has 0 aliphatic carbocycles. The number of thiophene rings is 2. The molecular formula is C15H16N2OS2. The summed E-state index contributed by atoms with van der Waals surface area (Å²) >= 11 is 3.45. The van der Waals surface area contributed by atoms with E-state index in [1.54, 1.807) is 29.8 Å². The van der Waals surface area contributed by atoms with Crippen LogP contribution >= 0.6 is 22.7 Å². The summed E-state index contributed by atoms with van der Waals surface area (Å²) in [6.45, 7) is 0. The van der Waals surface area contributed by atoms with Gasteiger partial charge in [-0.1, -0.05) is 18.2 Å². The molecule has 0 saturated carbocycles. The molecule has 3 aromatic rings. The number of nitrogens with one attached hydrogen (secondary N) is 1. The van der Waals surface area contributed by atoms with Gasteiger partial charge in [0.1, 0.15) is 5.75 Å². The molecule has 0 aliphatic heterocycles. The molecular weight excluding hydrogens is 288 g/mol. The summed E-state index contributed by atoms with van der Waals surface area (Å²) in [6, 6.07) is 10.5. The van der Waals surface area contributed by atoms with Crippen molar-refractivity contribution in [2.75, 3.05) is 7.11 Å². The molecule has 1 atom stereocenters. The second kappa shape index (κ2) is 5.93. The van der Waals surface area contributed by atoms with Crippen LogP contribution in [0.4, 0.5) is 0 Å². The van der Waals surface area contributed by atoms with Crippen LogP contribution < -0.4 is 16.0 Å². The molecule has 20 heavy (non-hydrogen) atoms. The lowest BCUT2D eigenvalue weighted by Crippen LogP contribution is -2.29. The Morgan fingerprint density at radius 1 is 1.25 bits per heavy atom. The summed E-state index contributed by atoms with van der Waals surface area (Å²) in [4.78, 5) is 1.14. The Hall–Kier alpha value is -1.40. The number of benzene rings is 1. The van der Waals surface area contributed by atoms with Crippen LogP contribution in [0, 0.1) is 0 Å². The van der Waals surface area contributed by atoms with Crippen LogP contribution in [0.15, 0.2) is 41.1 Å². The molecule has 0 radical (unpaired) electrons. The van der Waals surface area contributed by atoms with Crippen molar-refractivity contribution in [1.82, 2.24) is 5.43 Å². The average molecular weight is 304 g/mol. The Kier molecular flexibility index (Phi) is 4.03. The quantitative estimate of drug-likeness (QED) is 0.558. The first kappa shape index (κ1) is 13.6. The number of nitrogens with two attached hydrogens (primary N) is 1. The lowest BCUT2D eigenvalue weighted by molar-refractivity contribution is 0.403. The van der Waals surface area contributed by atoms with Gasteiger partial charge in [-0.15, -0.1) is 22.7 Å². The standard InChI is InChI=1S/C15H16N2OS2/c1-18-13-6-7-19-15(13)12(17-16)8-10-9-20-14-5-3-2-4-11(10)14/h2-7,9,12,17H,8,16H2,1H3. The van der Waals surface area contributed by atoms with Crippen LogP contribution in [0.25, 0.3) is 10.1 Å². The van der Waals surface area contributed by atoms with Crippen molar-refractivity contribution < 1.29 is 4.74 Å². The summed E-state index contributed by atoms with van der Waals surface area (Å²) < 4.78 is 6.71. The molecule has 3 N–H and O–H groups in total. The van der Waals surface area contributed by atoms with Gasteiger partial charge in [0.15, 0.2) is 0 Å². The fourth-order valence-corrected chi connectivity index (χ4v) is 4.27. The Bertz CT molecular complexity index is 705. The Balaban J connectivity index is 1.92. The SMILES string of the molecule is COc1ccsc1C(Cc1csc2ccccc12)NN. The van der Waals surface area contributed by atoms with Crippen LogP contribution in [-0.4, -0.2) is 7.11 Å². The maximum atomic E-state index is 5.75. The van der Waals surface area contributed by atoms with E-state index < -0.39 is 0 Å². The van der Waals surface area contributed by atoms with Gasteiger partial charge in [-0.25, -0.2) is 0 Å². The normalized spacial score (nSPS) is 12.7. The van der Waals surface area contributed by atoms with Crippen molar-refractivity contribution in [3.63, 3.8) is 0 Å². The van der Waals surface area contributed by atoms with Crippen molar-refractivity contribution >= 4 is 32.8 Å². The van der Waals surface area contributed by atoms with Gasteiger partial charge >= 0.3 is 0 Å². The van der Waals surface area contributed by atoms with E-state index in [0.29, 0.717) is 0 Å². The first-order chi connectivity index (χ1) is 9.83. The maximum absolute atomic E-state index is 5.75. The molecule has 1 aromatic carbocycles. The molecule has 5 heteroatoms. The third-order valence-electron chi connectivity index (χ3n) is 3.38. The molecule has 104 valence electrons. The molecule has 1 unspecified atom stereocenters. The zero-order chi connectivity index (χ0) is 13.9. The second-order valence-electron chi connectivity index (χ2n) is 4.53. The van der Waals surface area contributed by atoms with Gasteiger partial charge in [-0.2, -0.15) is 0 Å². The summed E-state index contributed by atoms with van der Waals surface area (Å²) in [6.07, 6.45) is 0.859. The molecule has 0 fully saturated rings. The van der Waals surface area contributed by atoms with E-state index in [-0.39, 0.29) is 6.04 Å². The van der Waals surface area contributed by atoms with Gasteiger partial charge in [0.25, 0.3) is 0 Å². The molecule has 2 aromatic heterocycles. The highest BCUT2D eigenvalue weighted by molar-refractivity contribution is 7.17. The summed E-state index contributed by atoms with van der Waals surface area (Å²) in [7, 11) is 1.69. The van der Waals surface area contributed by atoms with Gasteiger partial charge in [-0.3, -0.25) is 11.3 Å². The fourth-order valence-electron chi connectivity index (χ4n) is 2.37. The summed E-state index contributed by atoms with van der Waals surface area (Å²) in [5, 5.41) is 5.56. The van der Waals surface area contributed by atoms with E-state index >= 15 is 0 Å². The third kappa shape index (κ3) is 2.45. The van der Waals surface area contributed by atoms with Gasteiger partial charge < -0.3 is 4.74 Å². The second-order valence-corrected chi connectivity index (χ2v) is 6.39. The predicted molar refractivity (Wildman–Crippen MR) is 86.5 cm³/mol. The summed E-state index contributed by atoms with van der Waals surface area (Å²) in [5.41, 5.74) is 4.24. The Morgan fingerprint density at radius 2 is 2.10 bits per heavy atom. The highest BCUT2D eigenvalue weighted by atomic mass is 32.1. The molecule has 0 saturated heterocycles. The maximum Gasteiger partial charge on any atom is 0.134 e. The van der Waals surface area contributed by atoms with Gasteiger partial charge in [0.05, 0.1) is 18.0 Å². The first-order valence-corrected chi connectivity index (χ1v) is 8.12. The fraction of sp³-hybridized carbons (Fsp3) is 0.200. The molecule has 0 aliphatic rings. The lowest BCUT2D eigenvalue weighted by Gasteiger charge is -2.15. The van der Waals surface area contributed by atoms with Gasteiger partial charge in [0.2, 0.25) is 0 Å². The number of hydrogen-bond acceptors (Lipinski definition) is 5. The van der Waals surface area contributed by atoms with Crippen LogP contribution in [0.5, 0.6) is 5.75 Å². The molecule has 3 rings (SSSR count). The van der Waals surface area contributed by atoms with Gasteiger partial charge in [-0.05, 0) is 40.3 Å². The Labute approximate surface area is 126 Å². The molecule has 0 bridgehead atoms. The van der Waals surface area contributed by atoms with E-state index in [1.807, 2.05) is 11.4 Å². The number of methoxy groups -OCH3 is 1. The van der Waals surface area contributed by atoms with Crippen LogP contribution in [0.1, 0.15) is 16.5 Å². The predicted octanol–water partition coefficient (Wildman–Crippen LogP) is 3.72. The molecule has 0 amide bonds. The van der Waals surface area contributed by atoms with Crippen molar-refractivity contribution in [2.45, 2.75) is 12.5 Å². The molecule has 0 spiro atoms. The number of fused-ring (bicyclic) bond motifs is 1. The zero-order valence-corrected chi connectivity index (χ0v) is 12.8. The number of hydrazine groups is 1. The molecule has 2 heterocycles. The van der Waals surface area contributed by atoms with Gasteiger partial charge in [0, 0.05) is 4.70 Å². The number of rotatable bonds is 5. The van der Waals surface area contributed by atoms with E-state index in [2.05, 4.69) is 35.1 Å². The van der Waals surface area contributed by atoms with Crippen LogP contribution in [-0.2, 0) is 6.42 Å². The smallest absolute Gasteiger partial charge is 0.134 e. The minimum atomic E-state index is 0.0722.